The Morgan fingerprint density at radius 1 is 0.373 bits per heavy atom. The van der Waals surface area contributed by atoms with Crippen LogP contribution in [0.1, 0.15) is 5.56 Å². The molecule has 0 unspecified atom stereocenters. The first kappa shape index (κ1) is 33.0. The van der Waals surface area contributed by atoms with Gasteiger partial charge in [-0.2, -0.15) is 5.26 Å². The van der Waals surface area contributed by atoms with Gasteiger partial charge in [0.25, 0.3) is 0 Å². The number of benzene rings is 10. The molecule has 0 spiro atoms. The van der Waals surface area contributed by atoms with E-state index in [2.05, 4.69) is 120 Å². The summed E-state index contributed by atoms with van der Waals surface area (Å²) in [6.07, 6.45) is 0. The maximum absolute atomic E-state index is 10.0. The van der Waals surface area contributed by atoms with Gasteiger partial charge in [0, 0.05) is 33.2 Å². The minimum atomic E-state index is 0.632. The van der Waals surface area contributed by atoms with Gasteiger partial charge in [-0.25, -0.2) is 15.0 Å². The summed E-state index contributed by atoms with van der Waals surface area (Å²) in [5, 5.41) is 21.5. The molecule has 272 valence electrons. The van der Waals surface area contributed by atoms with Crippen molar-refractivity contribution in [3.8, 4) is 57.0 Å². The molecule has 2 aromatic heterocycles. The highest BCUT2D eigenvalue weighted by molar-refractivity contribution is 6.27. The van der Waals surface area contributed by atoms with E-state index in [0.29, 0.717) is 23.0 Å². The Hall–Kier alpha value is -8.20. The number of rotatable bonds is 5. The van der Waals surface area contributed by atoms with Crippen molar-refractivity contribution in [3.63, 3.8) is 0 Å². The van der Waals surface area contributed by atoms with Gasteiger partial charge in [-0.05, 0) is 103 Å². The van der Waals surface area contributed by atoms with Crippen LogP contribution in [0.3, 0.4) is 0 Å². The molecular formula is C54H31N5. The fourth-order valence-corrected chi connectivity index (χ4v) is 9.15. The lowest BCUT2D eigenvalue weighted by Crippen LogP contribution is -2.00. The van der Waals surface area contributed by atoms with Crippen LogP contribution in [0.25, 0.3) is 116 Å². The predicted octanol–water partition coefficient (Wildman–Crippen LogP) is 13.6. The Labute approximate surface area is 339 Å². The van der Waals surface area contributed by atoms with Crippen molar-refractivity contribution >= 4 is 64.9 Å². The second-order valence-electron chi connectivity index (χ2n) is 15.1. The van der Waals surface area contributed by atoms with Gasteiger partial charge in [0.1, 0.15) is 0 Å². The molecule has 0 fully saturated rings. The number of para-hydroxylation sites is 1. The lowest BCUT2D eigenvalue weighted by molar-refractivity contribution is 1.08. The molecule has 5 nitrogen and oxygen atoms in total. The summed E-state index contributed by atoms with van der Waals surface area (Å²) in [4.78, 5) is 15.3. The number of hydrogen-bond acceptors (Lipinski definition) is 4. The molecule has 0 atom stereocenters. The Morgan fingerprint density at radius 3 is 1.44 bits per heavy atom. The second kappa shape index (κ2) is 12.9. The average Bonchev–Trinajstić information content (AvgIpc) is 3.65. The van der Waals surface area contributed by atoms with E-state index < -0.39 is 0 Å². The first-order chi connectivity index (χ1) is 29.2. The summed E-state index contributed by atoms with van der Waals surface area (Å²) in [5.41, 5.74) is 8.98. The highest BCUT2D eigenvalue weighted by atomic mass is 15.0. The zero-order valence-electron chi connectivity index (χ0n) is 31.6. The van der Waals surface area contributed by atoms with Crippen molar-refractivity contribution in [2.75, 3.05) is 0 Å². The molecule has 12 aromatic rings. The minimum Gasteiger partial charge on any atom is -0.309 e. The zero-order chi connectivity index (χ0) is 39.0. The van der Waals surface area contributed by atoms with E-state index in [1.54, 1.807) is 0 Å². The lowest BCUT2D eigenvalue weighted by Gasteiger charge is -2.17. The quantitative estimate of drug-likeness (QED) is 0.164. The number of hydrogen-bond donors (Lipinski definition) is 0. The molecule has 0 N–H and O–H groups in total. The van der Waals surface area contributed by atoms with Crippen molar-refractivity contribution in [1.29, 1.82) is 5.26 Å². The molecule has 0 amide bonds. The topological polar surface area (TPSA) is 67.4 Å². The van der Waals surface area contributed by atoms with Crippen molar-refractivity contribution in [3.05, 3.63) is 194 Å². The van der Waals surface area contributed by atoms with E-state index in [0.717, 1.165) is 87.6 Å². The Balaban J connectivity index is 1.14. The first-order valence-corrected chi connectivity index (χ1v) is 19.7. The van der Waals surface area contributed by atoms with Gasteiger partial charge in [-0.1, -0.05) is 140 Å². The molecule has 12 rings (SSSR count). The van der Waals surface area contributed by atoms with Crippen molar-refractivity contribution in [2.45, 2.75) is 0 Å². The van der Waals surface area contributed by atoms with Gasteiger partial charge in [-0.3, -0.25) is 0 Å². The third-order valence-corrected chi connectivity index (χ3v) is 11.7. The van der Waals surface area contributed by atoms with Gasteiger partial charge in [0.2, 0.25) is 0 Å². The van der Waals surface area contributed by atoms with Gasteiger partial charge >= 0.3 is 0 Å². The van der Waals surface area contributed by atoms with Gasteiger partial charge in [0.05, 0.1) is 22.7 Å². The molecule has 59 heavy (non-hydrogen) atoms. The van der Waals surface area contributed by atoms with Crippen molar-refractivity contribution in [2.24, 2.45) is 0 Å². The molecule has 0 bridgehead atoms. The van der Waals surface area contributed by atoms with Crippen LogP contribution in [0.2, 0.25) is 0 Å². The molecule has 0 aliphatic rings. The molecule has 2 heterocycles. The van der Waals surface area contributed by atoms with Crippen LogP contribution in [0.15, 0.2) is 188 Å². The Bertz CT molecular complexity index is 3600. The smallest absolute Gasteiger partial charge is 0.164 e. The van der Waals surface area contributed by atoms with E-state index in [9.17, 15) is 5.26 Å². The summed E-state index contributed by atoms with van der Waals surface area (Å²) in [7, 11) is 0. The summed E-state index contributed by atoms with van der Waals surface area (Å²) in [5.74, 6) is 1.90. The summed E-state index contributed by atoms with van der Waals surface area (Å²) in [6, 6.07) is 68.2. The van der Waals surface area contributed by atoms with Crippen molar-refractivity contribution < 1.29 is 0 Å². The Kier molecular flexibility index (Phi) is 7.22. The monoisotopic (exact) mass is 749 g/mol. The maximum atomic E-state index is 10.0. The average molecular weight is 750 g/mol. The third-order valence-electron chi connectivity index (χ3n) is 11.7. The van der Waals surface area contributed by atoms with Crippen molar-refractivity contribution in [1.82, 2.24) is 19.5 Å². The minimum absolute atomic E-state index is 0.632. The number of nitriles is 1. The van der Waals surface area contributed by atoms with Gasteiger partial charge in [-0.15, -0.1) is 0 Å². The van der Waals surface area contributed by atoms with E-state index in [-0.39, 0.29) is 0 Å². The molecule has 10 aromatic carbocycles. The fraction of sp³-hybridized carbons (Fsp3) is 0. The van der Waals surface area contributed by atoms with Crippen LogP contribution < -0.4 is 0 Å². The first-order valence-electron chi connectivity index (χ1n) is 19.7. The Morgan fingerprint density at radius 2 is 0.847 bits per heavy atom. The van der Waals surface area contributed by atoms with E-state index in [1.807, 2.05) is 78.9 Å². The van der Waals surface area contributed by atoms with Crippen LogP contribution in [-0.2, 0) is 0 Å². The number of nitrogens with zero attached hydrogens (tertiary/aromatic N) is 5. The predicted molar refractivity (Wildman–Crippen MR) is 242 cm³/mol. The van der Waals surface area contributed by atoms with Gasteiger partial charge in [0.15, 0.2) is 17.5 Å². The van der Waals surface area contributed by atoms with Crippen LogP contribution in [0, 0.1) is 11.3 Å². The third kappa shape index (κ3) is 5.14. The van der Waals surface area contributed by atoms with E-state index >= 15 is 0 Å². The second-order valence-corrected chi connectivity index (χ2v) is 15.1. The normalized spacial score (nSPS) is 11.7. The van der Waals surface area contributed by atoms with Crippen LogP contribution in [-0.4, -0.2) is 19.5 Å². The standard InChI is InChI=1S/C54H31N5/c55-32-33-26-36-24-25-37-28-38(29-49-51(37)50(36)48(27-33)59(49)39-18-8-3-9-19-39)44-30-45-42-22-12-13-23-43(42)47(31-46(45)41-21-11-10-20-40(41)44)54-57-52(34-14-4-1-5-15-34)56-53(58-54)35-16-6-2-7-17-35/h1-31H. The molecule has 0 aliphatic carbocycles. The highest BCUT2D eigenvalue weighted by Gasteiger charge is 2.22. The SMILES string of the molecule is N#Cc1cc2ccc3cc(-c4cc5c6ccccc6c(-c6nc(-c7ccccc7)nc(-c7ccccc7)n6)cc5c5ccccc45)cc4c3c2c(c1)n4-c1ccccc1. The molecule has 0 saturated carbocycles. The highest BCUT2D eigenvalue weighted by Crippen LogP contribution is 2.45. The summed E-state index contributed by atoms with van der Waals surface area (Å²) >= 11 is 0. The zero-order valence-corrected chi connectivity index (χ0v) is 31.6. The van der Waals surface area contributed by atoms with Crippen LogP contribution >= 0.6 is 0 Å². The summed E-state index contributed by atoms with van der Waals surface area (Å²) < 4.78 is 2.32. The number of aromatic nitrogens is 4. The molecular weight excluding hydrogens is 719 g/mol. The van der Waals surface area contributed by atoms with Gasteiger partial charge < -0.3 is 4.57 Å². The number of fused-ring (bicyclic) bond motifs is 5. The summed E-state index contributed by atoms with van der Waals surface area (Å²) in [6.45, 7) is 0. The molecule has 0 radical (unpaired) electrons. The fourth-order valence-electron chi connectivity index (χ4n) is 9.15. The van der Waals surface area contributed by atoms with E-state index in [4.69, 9.17) is 15.0 Å². The van der Waals surface area contributed by atoms with Crippen LogP contribution in [0.5, 0.6) is 0 Å². The van der Waals surface area contributed by atoms with E-state index in [1.165, 1.54) is 10.8 Å². The lowest BCUT2D eigenvalue weighted by atomic mass is 9.88. The maximum Gasteiger partial charge on any atom is 0.164 e. The molecule has 0 aliphatic heterocycles. The largest absolute Gasteiger partial charge is 0.309 e. The van der Waals surface area contributed by atoms with Crippen LogP contribution in [0.4, 0.5) is 0 Å². The molecule has 0 saturated heterocycles. The molecule has 5 heteroatoms.